The summed E-state index contributed by atoms with van der Waals surface area (Å²) in [6.07, 6.45) is 4.82. The summed E-state index contributed by atoms with van der Waals surface area (Å²) in [5, 5.41) is 6.78. The molecule has 0 radical (unpaired) electrons. The summed E-state index contributed by atoms with van der Waals surface area (Å²) >= 11 is 5.99. The first-order chi connectivity index (χ1) is 14.8. The number of amides is 2. The lowest BCUT2D eigenvalue weighted by atomic mass is 9.85. The van der Waals surface area contributed by atoms with E-state index in [1.165, 1.54) is 0 Å². The number of imidazole rings is 1. The fourth-order valence-electron chi connectivity index (χ4n) is 4.36. The number of aromatic nitrogens is 2. The van der Waals surface area contributed by atoms with Crippen LogP contribution in [0, 0.1) is 13.8 Å². The van der Waals surface area contributed by atoms with Crippen LogP contribution in [0.4, 0.5) is 0 Å². The molecule has 1 unspecified atom stereocenters. The molecule has 0 aliphatic carbocycles. The Balaban J connectivity index is 1.36. The lowest BCUT2D eigenvalue weighted by Gasteiger charge is -2.29. The maximum absolute atomic E-state index is 12.6. The average molecular weight is 439 g/mol. The molecule has 1 saturated heterocycles. The maximum Gasteiger partial charge on any atom is 0.220 e. The highest BCUT2D eigenvalue weighted by Gasteiger charge is 2.37. The number of hydrogen-bond donors (Lipinski definition) is 2. The Morgan fingerprint density at radius 2 is 2.03 bits per heavy atom. The van der Waals surface area contributed by atoms with Gasteiger partial charge in [-0.25, -0.2) is 4.98 Å². The monoisotopic (exact) mass is 438 g/mol. The minimum Gasteiger partial charge on any atom is -0.350 e. The van der Waals surface area contributed by atoms with E-state index in [0.717, 1.165) is 34.6 Å². The fraction of sp³-hybridized carbons (Fsp3) is 0.375. The van der Waals surface area contributed by atoms with Gasteiger partial charge in [0.25, 0.3) is 0 Å². The number of nitrogens with zero attached hydrogens (tertiary/aromatic N) is 2. The van der Waals surface area contributed by atoms with Gasteiger partial charge < -0.3 is 15.0 Å². The van der Waals surface area contributed by atoms with E-state index in [2.05, 4.69) is 21.7 Å². The van der Waals surface area contributed by atoms with Crippen LogP contribution in [-0.4, -0.2) is 26.7 Å². The van der Waals surface area contributed by atoms with Gasteiger partial charge in [0.15, 0.2) is 0 Å². The standard InChI is InChI=1S/C24H27ClN4O2/c1-16-11-17(2)29-15-20(27-21(29)12-16)14-26-22(30)7-9-24(10-8-23(31)28-24)13-18-3-5-19(25)6-4-18/h3-6,11-12,15H,7-10,13-14H2,1-2H3,(H,26,30)(H,28,31). The molecule has 2 aromatic heterocycles. The lowest BCUT2D eigenvalue weighted by Crippen LogP contribution is -2.44. The zero-order valence-electron chi connectivity index (χ0n) is 17.9. The Morgan fingerprint density at radius 1 is 1.26 bits per heavy atom. The zero-order chi connectivity index (χ0) is 22.0. The summed E-state index contributed by atoms with van der Waals surface area (Å²) in [5.41, 5.74) is 4.70. The number of halogens is 1. The summed E-state index contributed by atoms with van der Waals surface area (Å²) in [6, 6.07) is 11.8. The second-order valence-corrected chi connectivity index (χ2v) is 8.98. The second kappa shape index (κ2) is 8.71. The maximum atomic E-state index is 12.6. The van der Waals surface area contributed by atoms with Crippen molar-refractivity contribution < 1.29 is 9.59 Å². The number of benzene rings is 1. The molecule has 4 rings (SSSR count). The smallest absolute Gasteiger partial charge is 0.220 e. The number of carbonyl (C=O) groups is 2. The van der Waals surface area contributed by atoms with Gasteiger partial charge in [-0.05, 0) is 68.5 Å². The summed E-state index contributed by atoms with van der Waals surface area (Å²) in [7, 11) is 0. The first kappa shape index (κ1) is 21.4. The minimum absolute atomic E-state index is 0.0402. The molecule has 1 fully saturated rings. The highest BCUT2D eigenvalue weighted by atomic mass is 35.5. The van der Waals surface area contributed by atoms with E-state index in [-0.39, 0.29) is 17.4 Å². The van der Waals surface area contributed by atoms with E-state index in [4.69, 9.17) is 11.6 Å². The molecule has 1 aromatic carbocycles. The Hall–Kier alpha value is -2.86. The summed E-state index contributed by atoms with van der Waals surface area (Å²) < 4.78 is 2.03. The Labute approximate surface area is 187 Å². The molecule has 6 nitrogen and oxygen atoms in total. The van der Waals surface area contributed by atoms with Crippen LogP contribution in [0.1, 0.15) is 48.2 Å². The van der Waals surface area contributed by atoms with Crippen LogP contribution < -0.4 is 10.6 Å². The van der Waals surface area contributed by atoms with E-state index in [1.807, 2.05) is 54.8 Å². The Kier molecular flexibility index (Phi) is 6.01. The minimum atomic E-state index is -0.389. The molecule has 7 heteroatoms. The third-order valence-corrected chi connectivity index (χ3v) is 6.20. The normalized spacial score (nSPS) is 18.4. The average Bonchev–Trinajstić information content (AvgIpc) is 3.30. The highest BCUT2D eigenvalue weighted by Crippen LogP contribution is 2.30. The molecule has 31 heavy (non-hydrogen) atoms. The number of pyridine rings is 1. The molecule has 0 spiro atoms. The predicted molar refractivity (Wildman–Crippen MR) is 121 cm³/mol. The van der Waals surface area contributed by atoms with Gasteiger partial charge in [-0.15, -0.1) is 0 Å². The SMILES string of the molecule is Cc1cc(C)n2cc(CNC(=O)CCC3(Cc4ccc(Cl)cc4)CCC(=O)N3)nc2c1. The van der Waals surface area contributed by atoms with E-state index in [9.17, 15) is 9.59 Å². The van der Waals surface area contributed by atoms with Gasteiger partial charge in [0, 0.05) is 35.3 Å². The first-order valence-electron chi connectivity index (χ1n) is 10.6. The van der Waals surface area contributed by atoms with Gasteiger partial charge in [0.2, 0.25) is 11.8 Å². The van der Waals surface area contributed by atoms with Crippen LogP contribution >= 0.6 is 11.6 Å². The van der Waals surface area contributed by atoms with Gasteiger partial charge in [-0.2, -0.15) is 0 Å². The molecule has 0 bridgehead atoms. The van der Waals surface area contributed by atoms with Crippen LogP contribution in [-0.2, 0) is 22.6 Å². The van der Waals surface area contributed by atoms with Crippen molar-refractivity contribution in [2.24, 2.45) is 0 Å². The summed E-state index contributed by atoms with van der Waals surface area (Å²) in [4.78, 5) is 29.1. The number of hydrogen-bond acceptors (Lipinski definition) is 3. The van der Waals surface area contributed by atoms with Gasteiger partial charge in [-0.3, -0.25) is 9.59 Å². The number of fused-ring (bicyclic) bond motifs is 1. The van der Waals surface area contributed by atoms with Crippen LogP contribution in [0.15, 0.2) is 42.6 Å². The summed E-state index contributed by atoms with van der Waals surface area (Å²) in [5.74, 6) is 0.00586. The van der Waals surface area contributed by atoms with Crippen molar-refractivity contribution in [3.63, 3.8) is 0 Å². The third-order valence-electron chi connectivity index (χ3n) is 5.94. The number of rotatable bonds is 7. The van der Waals surface area contributed by atoms with Crippen LogP contribution in [0.5, 0.6) is 0 Å². The third kappa shape index (κ3) is 5.07. The first-order valence-corrected chi connectivity index (χ1v) is 11.0. The molecular formula is C24H27ClN4O2. The molecule has 162 valence electrons. The van der Waals surface area contributed by atoms with Crippen LogP contribution in [0.25, 0.3) is 5.65 Å². The lowest BCUT2D eigenvalue weighted by molar-refractivity contribution is -0.122. The van der Waals surface area contributed by atoms with Gasteiger partial charge >= 0.3 is 0 Å². The van der Waals surface area contributed by atoms with Gasteiger partial charge in [0.1, 0.15) is 5.65 Å². The van der Waals surface area contributed by atoms with Crippen molar-refractivity contribution in [1.29, 1.82) is 0 Å². The predicted octanol–water partition coefficient (Wildman–Crippen LogP) is 3.89. The number of carbonyl (C=O) groups excluding carboxylic acids is 2. The van der Waals surface area contributed by atoms with Crippen molar-refractivity contribution in [1.82, 2.24) is 20.0 Å². The van der Waals surface area contributed by atoms with Crippen molar-refractivity contribution in [2.45, 2.75) is 58.0 Å². The van der Waals surface area contributed by atoms with E-state index in [1.54, 1.807) is 0 Å². The Morgan fingerprint density at radius 3 is 2.74 bits per heavy atom. The zero-order valence-corrected chi connectivity index (χ0v) is 18.6. The fourth-order valence-corrected chi connectivity index (χ4v) is 4.49. The van der Waals surface area contributed by atoms with E-state index < -0.39 is 0 Å². The number of nitrogens with one attached hydrogen (secondary N) is 2. The van der Waals surface area contributed by atoms with E-state index in [0.29, 0.717) is 37.3 Å². The van der Waals surface area contributed by atoms with Crippen molar-refractivity contribution in [3.05, 3.63) is 70.1 Å². The van der Waals surface area contributed by atoms with Crippen LogP contribution in [0.2, 0.25) is 5.02 Å². The molecule has 0 saturated carbocycles. The quantitative estimate of drug-likeness (QED) is 0.587. The molecule has 1 aliphatic rings. The topological polar surface area (TPSA) is 75.5 Å². The molecule has 1 aliphatic heterocycles. The molecule has 1 atom stereocenters. The van der Waals surface area contributed by atoms with E-state index >= 15 is 0 Å². The Bertz CT molecular complexity index is 1120. The van der Waals surface area contributed by atoms with Gasteiger partial charge in [-0.1, -0.05) is 23.7 Å². The highest BCUT2D eigenvalue weighted by molar-refractivity contribution is 6.30. The molecule has 3 heterocycles. The second-order valence-electron chi connectivity index (χ2n) is 8.54. The van der Waals surface area contributed by atoms with Crippen LogP contribution in [0.3, 0.4) is 0 Å². The van der Waals surface area contributed by atoms with Gasteiger partial charge in [0.05, 0.1) is 12.2 Å². The van der Waals surface area contributed by atoms with Crippen molar-refractivity contribution >= 4 is 29.1 Å². The molecule has 2 amide bonds. The molecule has 2 N–H and O–H groups in total. The van der Waals surface area contributed by atoms with Crippen molar-refractivity contribution in [3.8, 4) is 0 Å². The number of aryl methyl sites for hydroxylation is 2. The largest absolute Gasteiger partial charge is 0.350 e. The molecular weight excluding hydrogens is 412 g/mol. The van der Waals surface area contributed by atoms with Crippen molar-refractivity contribution in [2.75, 3.05) is 0 Å². The summed E-state index contributed by atoms with van der Waals surface area (Å²) in [6.45, 7) is 4.47. The molecule has 3 aromatic rings.